The third kappa shape index (κ3) is 3.86. The molecule has 114 valence electrons. The summed E-state index contributed by atoms with van der Waals surface area (Å²) in [6, 6.07) is 2.93. The first-order valence-corrected chi connectivity index (χ1v) is 8.07. The number of hydrogen-bond donors (Lipinski definition) is 1. The molecule has 1 heterocycles. The zero-order valence-electron chi connectivity index (χ0n) is 13.5. The Bertz CT molecular complexity index is 405. The Labute approximate surface area is 123 Å². The molecule has 0 unspecified atom stereocenters. The van der Waals surface area contributed by atoms with Crippen molar-refractivity contribution < 1.29 is 4.42 Å². The molecule has 0 aliphatic heterocycles. The number of nitrogens with one attached hydrogen (secondary N) is 1. The Morgan fingerprint density at radius 2 is 2.00 bits per heavy atom. The van der Waals surface area contributed by atoms with Crippen molar-refractivity contribution in [3.8, 4) is 0 Å². The highest BCUT2D eigenvalue weighted by Crippen LogP contribution is 2.29. The van der Waals surface area contributed by atoms with E-state index in [9.17, 15) is 0 Å². The first-order chi connectivity index (χ1) is 9.63. The van der Waals surface area contributed by atoms with Gasteiger partial charge >= 0.3 is 0 Å². The van der Waals surface area contributed by atoms with Gasteiger partial charge in [-0.2, -0.15) is 0 Å². The monoisotopic (exact) mass is 278 g/mol. The SMILES string of the molecule is CCC1CCC(N(C)Cc2cc(C)c(CNC)o2)CC1. The lowest BCUT2D eigenvalue weighted by Crippen LogP contribution is -2.34. The molecule has 3 heteroatoms. The second-order valence-electron chi connectivity index (χ2n) is 6.35. The molecule has 1 aliphatic carbocycles. The van der Waals surface area contributed by atoms with Gasteiger partial charge in [0.25, 0.3) is 0 Å². The fourth-order valence-corrected chi connectivity index (χ4v) is 3.37. The largest absolute Gasteiger partial charge is 0.463 e. The molecular weight excluding hydrogens is 248 g/mol. The van der Waals surface area contributed by atoms with Crippen LogP contribution < -0.4 is 5.32 Å². The highest BCUT2D eigenvalue weighted by Gasteiger charge is 2.23. The van der Waals surface area contributed by atoms with Gasteiger partial charge in [0.05, 0.1) is 13.1 Å². The smallest absolute Gasteiger partial charge is 0.120 e. The summed E-state index contributed by atoms with van der Waals surface area (Å²) in [5.41, 5.74) is 1.26. The summed E-state index contributed by atoms with van der Waals surface area (Å²) >= 11 is 0. The molecule has 0 bridgehead atoms. The van der Waals surface area contributed by atoms with Crippen molar-refractivity contribution in [3.63, 3.8) is 0 Å². The Hall–Kier alpha value is -0.800. The quantitative estimate of drug-likeness (QED) is 0.860. The molecule has 20 heavy (non-hydrogen) atoms. The molecule has 2 rings (SSSR count). The van der Waals surface area contributed by atoms with Crippen molar-refractivity contribution >= 4 is 0 Å². The van der Waals surface area contributed by atoms with Gasteiger partial charge in [-0.15, -0.1) is 0 Å². The Balaban J connectivity index is 1.88. The van der Waals surface area contributed by atoms with E-state index in [2.05, 4.69) is 37.2 Å². The van der Waals surface area contributed by atoms with Crippen LogP contribution in [0.25, 0.3) is 0 Å². The average Bonchev–Trinajstić information content (AvgIpc) is 2.79. The fourth-order valence-electron chi connectivity index (χ4n) is 3.37. The van der Waals surface area contributed by atoms with Gasteiger partial charge in [-0.25, -0.2) is 0 Å². The maximum atomic E-state index is 5.95. The van der Waals surface area contributed by atoms with Crippen molar-refractivity contribution in [1.29, 1.82) is 0 Å². The van der Waals surface area contributed by atoms with Gasteiger partial charge in [0, 0.05) is 6.04 Å². The second-order valence-corrected chi connectivity index (χ2v) is 6.35. The van der Waals surface area contributed by atoms with Gasteiger partial charge in [-0.1, -0.05) is 13.3 Å². The van der Waals surface area contributed by atoms with E-state index in [1.807, 2.05) is 7.05 Å². The molecule has 0 aromatic carbocycles. The molecule has 1 aliphatic rings. The summed E-state index contributed by atoms with van der Waals surface area (Å²) in [7, 11) is 4.20. The van der Waals surface area contributed by atoms with Crippen molar-refractivity contribution in [1.82, 2.24) is 10.2 Å². The van der Waals surface area contributed by atoms with E-state index in [0.717, 1.165) is 36.6 Å². The molecule has 0 spiro atoms. The molecule has 0 radical (unpaired) electrons. The fraction of sp³-hybridized carbons (Fsp3) is 0.765. The van der Waals surface area contributed by atoms with Crippen LogP contribution in [0.15, 0.2) is 10.5 Å². The van der Waals surface area contributed by atoms with Crippen LogP contribution in [-0.4, -0.2) is 25.0 Å². The standard InChI is InChI=1S/C17H30N2O/c1-5-14-6-8-15(9-7-14)19(4)12-16-10-13(2)17(20-16)11-18-3/h10,14-15,18H,5-9,11-12H2,1-4H3. The molecule has 1 N–H and O–H groups in total. The van der Waals surface area contributed by atoms with Crippen LogP contribution in [-0.2, 0) is 13.1 Å². The van der Waals surface area contributed by atoms with Crippen molar-refractivity contribution in [2.24, 2.45) is 5.92 Å². The van der Waals surface area contributed by atoms with Crippen LogP contribution in [0, 0.1) is 12.8 Å². The minimum absolute atomic E-state index is 0.732. The van der Waals surface area contributed by atoms with Gasteiger partial charge in [0.2, 0.25) is 0 Å². The van der Waals surface area contributed by atoms with Gasteiger partial charge in [-0.05, 0) is 64.3 Å². The zero-order valence-corrected chi connectivity index (χ0v) is 13.5. The minimum Gasteiger partial charge on any atom is -0.463 e. The molecule has 0 saturated heterocycles. The average molecular weight is 278 g/mol. The Kier molecular flexibility index (Phi) is 5.67. The van der Waals surface area contributed by atoms with E-state index in [1.165, 1.54) is 37.7 Å². The molecule has 0 atom stereocenters. The molecule has 0 amide bonds. The van der Waals surface area contributed by atoms with E-state index in [-0.39, 0.29) is 0 Å². The van der Waals surface area contributed by atoms with Crippen molar-refractivity contribution in [2.45, 2.75) is 65.1 Å². The molecule has 1 aromatic heterocycles. The number of hydrogen-bond acceptors (Lipinski definition) is 3. The summed E-state index contributed by atoms with van der Waals surface area (Å²) < 4.78 is 5.95. The normalized spacial score (nSPS) is 23.4. The lowest BCUT2D eigenvalue weighted by Gasteiger charge is -2.34. The number of nitrogens with zero attached hydrogens (tertiary/aromatic N) is 1. The van der Waals surface area contributed by atoms with Crippen LogP contribution in [0.3, 0.4) is 0 Å². The van der Waals surface area contributed by atoms with E-state index < -0.39 is 0 Å². The van der Waals surface area contributed by atoms with Gasteiger partial charge < -0.3 is 9.73 Å². The van der Waals surface area contributed by atoms with Crippen molar-refractivity contribution in [2.75, 3.05) is 14.1 Å². The first kappa shape index (κ1) is 15.6. The minimum atomic E-state index is 0.732. The van der Waals surface area contributed by atoms with Gasteiger partial charge in [0.15, 0.2) is 0 Å². The number of aryl methyl sites for hydroxylation is 1. The summed E-state index contributed by atoms with van der Waals surface area (Å²) in [6.45, 7) is 6.21. The van der Waals surface area contributed by atoms with Gasteiger partial charge in [0.1, 0.15) is 11.5 Å². The first-order valence-electron chi connectivity index (χ1n) is 8.07. The third-order valence-corrected chi connectivity index (χ3v) is 4.83. The number of rotatable bonds is 6. The highest BCUT2D eigenvalue weighted by atomic mass is 16.3. The van der Waals surface area contributed by atoms with Crippen molar-refractivity contribution in [3.05, 3.63) is 23.2 Å². The topological polar surface area (TPSA) is 28.4 Å². The Morgan fingerprint density at radius 1 is 1.30 bits per heavy atom. The second kappa shape index (κ2) is 7.28. The van der Waals surface area contributed by atoms with E-state index >= 15 is 0 Å². The summed E-state index contributed by atoms with van der Waals surface area (Å²) in [4.78, 5) is 2.48. The van der Waals surface area contributed by atoms with E-state index in [1.54, 1.807) is 0 Å². The third-order valence-electron chi connectivity index (χ3n) is 4.83. The number of furan rings is 1. The van der Waals surface area contributed by atoms with Crippen LogP contribution in [0.1, 0.15) is 56.1 Å². The molecule has 3 nitrogen and oxygen atoms in total. The van der Waals surface area contributed by atoms with Crippen LogP contribution >= 0.6 is 0 Å². The predicted octanol–water partition coefficient (Wildman–Crippen LogP) is 3.71. The maximum absolute atomic E-state index is 5.95. The molecule has 1 aromatic rings. The Morgan fingerprint density at radius 3 is 2.60 bits per heavy atom. The van der Waals surface area contributed by atoms with Crippen LogP contribution in [0.5, 0.6) is 0 Å². The highest BCUT2D eigenvalue weighted by molar-refractivity contribution is 5.20. The molecular formula is C17H30N2O. The molecule has 1 saturated carbocycles. The summed E-state index contributed by atoms with van der Waals surface area (Å²) in [5.74, 6) is 3.14. The lowest BCUT2D eigenvalue weighted by molar-refractivity contribution is 0.148. The summed E-state index contributed by atoms with van der Waals surface area (Å²) in [6.07, 6.45) is 6.83. The molecule has 1 fully saturated rings. The predicted molar refractivity (Wildman–Crippen MR) is 83.7 cm³/mol. The van der Waals surface area contributed by atoms with Crippen LogP contribution in [0.2, 0.25) is 0 Å². The maximum Gasteiger partial charge on any atom is 0.120 e. The van der Waals surface area contributed by atoms with Gasteiger partial charge in [-0.3, -0.25) is 4.90 Å². The van der Waals surface area contributed by atoms with E-state index in [0.29, 0.717) is 0 Å². The van der Waals surface area contributed by atoms with E-state index in [4.69, 9.17) is 4.42 Å². The lowest BCUT2D eigenvalue weighted by atomic mass is 9.84. The zero-order chi connectivity index (χ0) is 14.5. The summed E-state index contributed by atoms with van der Waals surface area (Å²) in [5, 5.41) is 3.16. The van der Waals surface area contributed by atoms with Crippen LogP contribution in [0.4, 0.5) is 0 Å².